The summed E-state index contributed by atoms with van der Waals surface area (Å²) in [5.74, 6) is 1.63. The molecule has 0 spiro atoms. The van der Waals surface area contributed by atoms with Crippen LogP contribution in [0.4, 0.5) is 0 Å². The lowest BCUT2D eigenvalue weighted by Crippen LogP contribution is -2.17. The number of aromatic nitrogens is 4. The summed E-state index contributed by atoms with van der Waals surface area (Å²) >= 11 is 3.45. The number of tetrazole rings is 1. The van der Waals surface area contributed by atoms with E-state index in [9.17, 15) is 0 Å². The maximum Gasteiger partial charge on any atom is 0.154 e. The predicted molar refractivity (Wildman–Crippen MR) is 48.2 cm³/mol. The zero-order valence-corrected chi connectivity index (χ0v) is 8.37. The highest BCUT2D eigenvalue weighted by molar-refractivity contribution is 9.09. The second-order valence-corrected chi connectivity index (χ2v) is 3.87. The van der Waals surface area contributed by atoms with Crippen LogP contribution in [0.2, 0.25) is 0 Å². The Balaban J connectivity index is 2.19. The number of nitrogens with zero attached hydrogens (tertiary/aromatic N) is 4. The molecule has 4 nitrogen and oxygen atoms in total. The van der Waals surface area contributed by atoms with Crippen molar-refractivity contribution in [2.45, 2.75) is 31.7 Å². The van der Waals surface area contributed by atoms with Crippen LogP contribution in [-0.2, 0) is 6.54 Å². The maximum absolute atomic E-state index is 4.04. The number of rotatable bonds is 2. The molecule has 0 bridgehead atoms. The van der Waals surface area contributed by atoms with Gasteiger partial charge in [0.05, 0.1) is 0 Å². The van der Waals surface area contributed by atoms with Crippen LogP contribution in [0.25, 0.3) is 0 Å². The standard InChI is InChI=1S/C7H11BrN4/c8-4-3-6-2-1-5-12-7(6)9-10-11-12/h6H,1-5H2. The first-order valence-electron chi connectivity index (χ1n) is 4.24. The molecular formula is C7H11BrN4. The summed E-state index contributed by atoms with van der Waals surface area (Å²) in [5, 5.41) is 12.7. The van der Waals surface area contributed by atoms with Gasteiger partial charge in [-0.3, -0.25) is 0 Å². The van der Waals surface area contributed by atoms with Crippen molar-refractivity contribution in [1.29, 1.82) is 0 Å². The molecule has 0 saturated carbocycles. The molecule has 12 heavy (non-hydrogen) atoms. The first-order chi connectivity index (χ1) is 5.92. The molecule has 1 unspecified atom stereocenters. The molecule has 1 atom stereocenters. The van der Waals surface area contributed by atoms with Crippen molar-refractivity contribution < 1.29 is 0 Å². The largest absolute Gasteiger partial charge is 0.229 e. The molecule has 5 heteroatoms. The van der Waals surface area contributed by atoms with E-state index in [4.69, 9.17) is 0 Å². The van der Waals surface area contributed by atoms with Gasteiger partial charge in [-0.05, 0) is 29.7 Å². The molecule has 0 fully saturated rings. The van der Waals surface area contributed by atoms with Gasteiger partial charge in [0.25, 0.3) is 0 Å². The average Bonchev–Trinajstić information content (AvgIpc) is 2.53. The van der Waals surface area contributed by atoms with E-state index in [0.29, 0.717) is 5.92 Å². The Hall–Kier alpha value is -0.450. The summed E-state index contributed by atoms with van der Waals surface area (Å²) in [5.41, 5.74) is 0. The third kappa shape index (κ3) is 1.37. The Labute approximate surface area is 79.5 Å². The van der Waals surface area contributed by atoms with Gasteiger partial charge in [-0.2, -0.15) is 0 Å². The highest BCUT2D eigenvalue weighted by Gasteiger charge is 2.22. The Morgan fingerprint density at radius 3 is 3.33 bits per heavy atom. The zero-order chi connectivity index (χ0) is 8.39. The zero-order valence-electron chi connectivity index (χ0n) is 6.78. The normalized spacial score (nSPS) is 22.2. The van der Waals surface area contributed by atoms with Crippen molar-refractivity contribution in [1.82, 2.24) is 20.2 Å². The number of halogens is 1. The van der Waals surface area contributed by atoms with E-state index < -0.39 is 0 Å². The third-order valence-corrected chi connectivity index (χ3v) is 2.76. The highest BCUT2D eigenvalue weighted by atomic mass is 79.9. The summed E-state index contributed by atoms with van der Waals surface area (Å²) in [6.45, 7) is 0.987. The monoisotopic (exact) mass is 230 g/mol. The summed E-state index contributed by atoms with van der Waals surface area (Å²) in [6.07, 6.45) is 3.57. The molecule has 0 aromatic carbocycles. The van der Waals surface area contributed by atoms with Gasteiger partial charge in [-0.25, -0.2) is 4.68 Å². The Morgan fingerprint density at radius 1 is 1.58 bits per heavy atom. The predicted octanol–water partition coefficient (Wildman–Crippen LogP) is 1.34. The van der Waals surface area contributed by atoms with Gasteiger partial charge >= 0.3 is 0 Å². The van der Waals surface area contributed by atoms with Gasteiger partial charge in [0.15, 0.2) is 5.82 Å². The second-order valence-electron chi connectivity index (χ2n) is 3.08. The smallest absolute Gasteiger partial charge is 0.154 e. The van der Waals surface area contributed by atoms with E-state index in [2.05, 4.69) is 31.5 Å². The van der Waals surface area contributed by atoms with E-state index >= 15 is 0 Å². The number of fused-ring (bicyclic) bond motifs is 1. The van der Waals surface area contributed by atoms with Crippen molar-refractivity contribution >= 4 is 15.9 Å². The van der Waals surface area contributed by atoms with Crippen LogP contribution < -0.4 is 0 Å². The lowest BCUT2D eigenvalue weighted by molar-refractivity contribution is 0.408. The van der Waals surface area contributed by atoms with Crippen molar-refractivity contribution in [3.05, 3.63) is 5.82 Å². The molecule has 2 rings (SSSR count). The minimum atomic E-state index is 0.563. The molecule has 0 saturated heterocycles. The summed E-state index contributed by atoms with van der Waals surface area (Å²) in [6, 6.07) is 0. The fourth-order valence-corrected chi connectivity index (χ4v) is 2.24. The van der Waals surface area contributed by atoms with Gasteiger partial charge in [-0.15, -0.1) is 5.10 Å². The van der Waals surface area contributed by atoms with E-state index in [1.165, 1.54) is 12.8 Å². The fourth-order valence-electron chi connectivity index (χ4n) is 1.68. The van der Waals surface area contributed by atoms with Gasteiger partial charge < -0.3 is 0 Å². The summed E-state index contributed by atoms with van der Waals surface area (Å²) in [4.78, 5) is 0. The Morgan fingerprint density at radius 2 is 2.50 bits per heavy atom. The molecule has 1 aliphatic heterocycles. The first-order valence-corrected chi connectivity index (χ1v) is 5.36. The maximum atomic E-state index is 4.04. The molecular weight excluding hydrogens is 220 g/mol. The van der Waals surface area contributed by atoms with Crippen molar-refractivity contribution in [2.75, 3.05) is 5.33 Å². The van der Waals surface area contributed by atoms with Crippen molar-refractivity contribution in [2.24, 2.45) is 0 Å². The van der Waals surface area contributed by atoms with E-state index in [1.54, 1.807) is 0 Å². The number of hydrogen-bond donors (Lipinski definition) is 0. The minimum Gasteiger partial charge on any atom is -0.229 e. The lowest BCUT2D eigenvalue weighted by Gasteiger charge is -2.19. The number of alkyl halides is 1. The van der Waals surface area contributed by atoms with Crippen molar-refractivity contribution in [3.8, 4) is 0 Å². The summed E-state index contributed by atoms with van der Waals surface area (Å²) < 4.78 is 1.93. The molecule has 0 amide bonds. The van der Waals surface area contributed by atoms with Crippen LogP contribution in [0.3, 0.4) is 0 Å². The van der Waals surface area contributed by atoms with E-state index in [0.717, 1.165) is 24.1 Å². The minimum absolute atomic E-state index is 0.563. The molecule has 1 aromatic rings. The molecule has 0 aliphatic carbocycles. The van der Waals surface area contributed by atoms with Gasteiger partial charge in [0, 0.05) is 17.8 Å². The Bertz CT molecular complexity index is 260. The topological polar surface area (TPSA) is 43.6 Å². The molecule has 2 heterocycles. The van der Waals surface area contributed by atoms with Crippen LogP contribution in [-0.4, -0.2) is 25.5 Å². The fraction of sp³-hybridized carbons (Fsp3) is 0.857. The van der Waals surface area contributed by atoms with Gasteiger partial charge in [0.2, 0.25) is 0 Å². The molecule has 1 aliphatic rings. The van der Waals surface area contributed by atoms with Crippen LogP contribution in [0.5, 0.6) is 0 Å². The second kappa shape index (κ2) is 3.51. The first kappa shape index (κ1) is 8.16. The van der Waals surface area contributed by atoms with Gasteiger partial charge in [0.1, 0.15) is 0 Å². The van der Waals surface area contributed by atoms with E-state index in [1.807, 2.05) is 4.68 Å². The number of hydrogen-bond acceptors (Lipinski definition) is 3. The molecule has 0 radical (unpaired) electrons. The molecule has 0 N–H and O–H groups in total. The van der Waals surface area contributed by atoms with Crippen LogP contribution in [0.15, 0.2) is 0 Å². The highest BCUT2D eigenvalue weighted by Crippen LogP contribution is 2.27. The third-order valence-electron chi connectivity index (χ3n) is 2.30. The van der Waals surface area contributed by atoms with Crippen LogP contribution >= 0.6 is 15.9 Å². The lowest BCUT2D eigenvalue weighted by atomic mass is 9.97. The number of aryl methyl sites for hydroxylation is 1. The Kier molecular flexibility index (Phi) is 2.39. The molecule has 66 valence electrons. The van der Waals surface area contributed by atoms with E-state index in [-0.39, 0.29) is 0 Å². The quantitative estimate of drug-likeness (QED) is 0.721. The SMILES string of the molecule is BrCCC1CCCn2nnnc21. The van der Waals surface area contributed by atoms with Crippen LogP contribution in [0, 0.1) is 0 Å². The van der Waals surface area contributed by atoms with Crippen molar-refractivity contribution in [3.63, 3.8) is 0 Å². The average molecular weight is 231 g/mol. The van der Waals surface area contributed by atoms with Crippen LogP contribution in [0.1, 0.15) is 31.0 Å². The summed E-state index contributed by atoms with van der Waals surface area (Å²) in [7, 11) is 0. The molecule has 1 aromatic heterocycles. The van der Waals surface area contributed by atoms with Gasteiger partial charge in [-0.1, -0.05) is 15.9 Å².